The van der Waals surface area contributed by atoms with Gasteiger partial charge < -0.3 is 10.6 Å². The van der Waals surface area contributed by atoms with Crippen molar-refractivity contribution in [3.05, 3.63) is 35.4 Å². The summed E-state index contributed by atoms with van der Waals surface area (Å²) in [7, 11) is 0. The van der Waals surface area contributed by atoms with Crippen molar-refractivity contribution in [2.24, 2.45) is 11.7 Å². The summed E-state index contributed by atoms with van der Waals surface area (Å²) in [5.41, 5.74) is 8.97. The topological polar surface area (TPSA) is 29.3 Å². The summed E-state index contributed by atoms with van der Waals surface area (Å²) in [5.74, 6) is 0.960. The first-order valence-corrected chi connectivity index (χ1v) is 7.74. The Hall–Kier alpha value is -0.860. The molecule has 2 heteroatoms. The second-order valence-electron chi connectivity index (χ2n) is 5.95. The number of nitrogens with zero attached hydrogens (tertiary/aromatic N) is 1. The third-order valence-electron chi connectivity index (χ3n) is 4.63. The maximum absolute atomic E-state index is 6.34. The molecule has 1 aliphatic rings. The van der Waals surface area contributed by atoms with Crippen molar-refractivity contribution in [3.63, 3.8) is 0 Å². The minimum atomic E-state index is 0.185. The maximum Gasteiger partial charge on any atom is 0.0309 e. The summed E-state index contributed by atoms with van der Waals surface area (Å²) in [4.78, 5) is 2.59. The van der Waals surface area contributed by atoms with Crippen LogP contribution in [0.4, 0.5) is 0 Å². The lowest BCUT2D eigenvalue weighted by Crippen LogP contribution is -2.35. The molecule has 1 aliphatic heterocycles. The van der Waals surface area contributed by atoms with Crippen LogP contribution in [0.3, 0.4) is 0 Å². The number of likely N-dealkylation sites (tertiary alicyclic amines) is 1. The van der Waals surface area contributed by atoms with Gasteiger partial charge in [0.05, 0.1) is 0 Å². The van der Waals surface area contributed by atoms with Crippen molar-refractivity contribution < 1.29 is 0 Å². The molecule has 1 saturated heterocycles. The molecule has 0 aliphatic carbocycles. The number of aryl methyl sites for hydroxylation is 1. The van der Waals surface area contributed by atoms with E-state index in [9.17, 15) is 0 Å². The van der Waals surface area contributed by atoms with E-state index in [1.165, 1.54) is 43.5 Å². The van der Waals surface area contributed by atoms with Gasteiger partial charge in [-0.3, -0.25) is 0 Å². The number of hydrogen-bond donors (Lipinski definition) is 1. The number of benzene rings is 1. The van der Waals surface area contributed by atoms with Crippen LogP contribution in [0, 0.1) is 12.8 Å². The normalized spacial score (nSPS) is 19.5. The van der Waals surface area contributed by atoms with E-state index < -0.39 is 0 Å². The van der Waals surface area contributed by atoms with Crippen LogP contribution in [0.1, 0.15) is 49.8 Å². The zero-order valence-corrected chi connectivity index (χ0v) is 12.4. The van der Waals surface area contributed by atoms with Crippen molar-refractivity contribution in [3.8, 4) is 0 Å². The maximum atomic E-state index is 6.34. The second-order valence-corrected chi connectivity index (χ2v) is 5.95. The molecule has 0 radical (unpaired) electrons. The first-order valence-electron chi connectivity index (χ1n) is 7.74. The van der Waals surface area contributed by atoms with Crippen molar-refractivity contribution in [1.82, 2.24) is 4.90 Å². The SMILES string of the molecule is CCC1CCN(CCC(N)c2ccccc2C)CC1. The Morgan fingerprint density at radius 2 is 1.95 bits per heavy atom. The largest absolute Gasteiger partial charge is 0.324 e. The number of hydrogen-bond acceptors (Lipinski definition) is 2. The van der Waals surface area contributed by atoms with Crippen LogP contribution in [-0.2, 0) is 0 Å². The van der Waals surface area contributed by atoms with Gasteiger partial charge in [-0.15, -0.1) is 0 Å². The van der Waals surface area contributed by atoms with E-state index in [0.29, 0.717) is 0 Å². The highest BCUT2D eigenvalue weighted by Crippen LogP contribution is 2.22. The first kappa shape index (κ1) is 14.5. The van der Waals surface area contributed by atoms with E-state index in [1.807, 2.05) is 0 Å². The fourth-order valence-electron chi connectivity index (χ4n) is 3.10. The fraction of sp³-hybridized carbons (Fsp3) is 0.647. The number of nitrogens with two attached hydrogens (primary N) is 1. The smallest absolute Gasteiger partial charge is 0.0309 e. The van der Waals surface area contributed by atoms with Crippen LogP contribution in [0.5, 0.6) is 0 Å². The average Bonchev–Trinajstić information content (AvgIpc) is 2.46. The highest BCUT2D eigenvalue weighted by molar-refractivity contribution is 5.28. The second kappa shape index (κ2) is 7.06. The predicted octanol–water partition coefficient (Wildman–Crippen LogP) is 3.51. The Labute approximate surface area is 118 Å². The third-order valence-corrected chi connectivity index (χ3v) is 4.63. The predicted molar refractivity (Wildman–Crippen MR) is 82.2 cm³/mol. The van der Waals surface area contributed by atoms with Gasteiger partial charge in [-0.25, -0.2) is 0 Å². The summed E-state index contributed by atoms with van der Waals surface area (Å²) >= 11 is 0. The van der Waals surface area contributed by atoms with Gasteiger partial charge in [0.15, 0.2) is 0 Å². The lowest BCUT2D eigenvalue weighted by atomic mass is 9.94. The molecule has 19 heavy (non-hydrogen) atoms. The van der Waals surface area contributed by atoms with Crippen molar-refractivity contribution in [1.29, 1.82) is 0 Å². The lowest BCUT2D eigenvalue weighted by molar-refractivity contribution is 0.177. The van der Waals surface area contributed by atoms with Gasteiger partial charge in [0.1, 0.15) is 0 Å². The van der Waals surface area contributed by atoms with E-state index >= 15 is 0 Å². The molecule has 0 saturated carbocycles. The van der Waals surface area contributed by atoms with Gasteiger partial charge in [0.25, 0.3) is 0 Å². The molecule has 1 aromatic rings. The average molecular weight is 260 g/mol. The number of rotatable bonds is 5. The Morgan fingerprint density at radius 3 is 2.58 bits per heavy atom. The molecular formula is C17H28N2. The molecule has 2 N–H and O–H groups in total. The summed E-state index contributed by atoms with van der Waals surface area (Å²) in [5, 5.41) is 0. The molecule has 2 rings (SSSR count). The monoisotopic (exact) mass is 260 g/mol. The molecule has 106 valence electrons. The lowest BCUT2D eigenvalue weighted by Gasteiger charge is -2.32. The molecule has 1 fully saturated rings. The van der Waals surface area contributed by atoms with E-state index in [2.05, 4.69) is 43.0 Å². The van der Waals surface area contributed by atoms with E-state index in [4.69, 9.17) is 5.73 Å². The summed E-state index contributed by atoms with van der Waals surface area (Å²) in [6.45, 7) is 8.14. The van der Waals surface area contributed by atoms with Crippen LogP contribution in [0.25, 0.3) is 0 Å². The van der Waals surface area contributed by atoms with Gasteiger partial charge in [-0.05, 0) is 62.9 Å². The summed E-state index contributed by atoms with van der Waals surface area (Å²) in [6, 6.07) is 8.69. The Bertz CT molecular complexity index is 381. The highest BCUT2D eigenvalue weighted by Gasteiger charge is 2.18. The summed E-state index contributed by atoms with van der Waals surface area (Å²) in [6.07, 6.45) is 5.16. The molecule has 1 aromatic carbocycles. The molecule has 2 nitrogen and oxygen atoms in total. The first-order chi connectivity index (χ1) is 9.20. The molecular weight excluding hydrogens is 232 g/mol. The van der Waals surface area contributed by atoms with Crippen LogP contribution in [0.15, 0.2) is 24.3 Å². The van der Waals surface area contributed by atoms with Crippen molar-refractivity contribution in [2.45, 2.75) is 45.6 Å². The van der Waals surface area contributed by atoms with Crippen LogP contribution < -0.4 is 5.73 Å². The van der Waals surface area contributed by atoms with Crippen molar-refractivity contribution in [2.75, 3.05) is 19.6 Å². The molecule has 0 spiro atoms. The van der Waals surface area contributed by atoms with E-state index in [0.717, 1.165) is 18.9 Å². The Kier molecular flexibility index (Phi) is 5.41. The zero-order chi connectivity index (χ0) is 13.7. The van der Waals surface area contributed by atoms with Gasteiger partial charge in [0, 0.05) is 6.04 Å². The van der Waals surface area contributed by atoms with Gasteiger partial charge >= 0.3 is 0 Å². The van der Waals surface area contributed by atoms with E-state index in [1.54, 1.807) is 0 Å². The molecule has 0 aromatic heterocycles. The highest BCUT2D eigenvalue weighted by atomic mass is 15.1. The van der Waals surface area contributed by atoms with Gasteiger partial charge in [0.2, 0.25) is 0 Å². The minimum Gasteiger partial charge on any atom is -0.324 e. The third kappa shape index (κ3) is 4.05. The molecule has 0 bridgehead atoms. The van der Waals surface area contributed by atoms with E-state index in [-0.39, 0.29) is 6.04 Å². The Balaban J connectivity index is 1.78. The van der Waals surface area contributed by atoms with Gasteiger partial charge in [-0.2, -0.15) is 0 Å². The van der Waals surface area contributed by atoms with Gasteiger partial charge in [-0.1, -0.05) is 37.6 Å². The molecule has 0 amide bonds. The zero-order valence-electron chi connectivity index (χ0n) is 12.4. The Morgan fingerprint density at radius 1 is 1.26 bits per heavy atom. The van der Waals surface area contributed by atoms with Crippen molar-refractivity contribution >= 4 is 0 Å². The van der Waals surface area contributed by atoms with Crippen LogP contribution in [0.2, 0.25) is 0 Å². The number of piperidine rings is 1. The molecule has 1 unspecified atom stereocenters. The minimum absolute atomic E-state index is 0.185. The molecule has 1 heterocycles. The fourth-order valence-corrected chi connectivity index (χ4v) is 3.10. The van der Waals surface area contributed by atoms with Crippen LogP contribution >= 0.6 is 0 Å². The molecule has 1 atom stereocenters. The quantitative estimate of drug-likeness (QED) is 0.878. The van der Waals surface area contributed by atoms with Crippen LogP contribution in [-0.4, -0.2) is 24.5 Å². The summed E-state index contributed by atoms with van der Waals surface area (Å²) < 4.78 is 0. The standard InChI is InChI=1S/C17H28N2/c1-3-15-8-11-19(12-9-15)13-10-17(18)16-7-5-4-6-14(16)2/h4-7,15,17H,3,8-13,18H2,1-2H3.